The van der Waals surface area contributed by atoms with Gasteiger partial charge in [-0.1, -0.05) is 17.4 Å². The molecule has 1 saturated heterocycles. The Labute approximate surface area is 191 Å². The molecule has 2 atom stereocenters. The lowest BCUT2D eigenvalue weighted by atomic mass is 9.97. The summed E-state index contributed by atoms with van der Waals surface area (Å²) < 4.78 is 31.3. The maximum Gasteiger partial charge on any atom is 0.340 e. The fraction of sp³-hybridized carbons (Fsp3) is 0.333. The van der Waals surface area contributed by atoms with Crippen molar-refractivity contribution >= 4 is 34.5 Å². The molecular formula is C21H20FN5O5S. The minimum Gasteiger partial charge on any atom is -0.465 e. The number of rotatable bonds is 4. The van der Waals surface area contributed by atoms with E-state index in [4.69, 9.17) is 9.15 Å². The number of anilines is 2. The molecule has 33 heavy (non-hydrogen) atoms. The molecule has 10 nitrogen and oxygen atoms in total. The highest BCUT2D eigenvalue weighted by molar-refractivity contribution is 7.16. The second kappa shape index (κ2) is 8.45. The van der Waals surface area contributed by atoms with E-state index in [1.165, 1.54) is 43.8 Å². The lowest BCUT2D eigenvalue weighted by molar-refractivity contribution is 0.0578. The van der Waals surface area contributed by atoms with E-state index in [2.05, 4.69) is 25.3 Å². The Kier molecular flexibility index (Phi) is 5.46. The second-order valence-corrected chi connectivity index (χ2v) is 8.55. The Morgan fingerprint density at radius 1 is 1.33 bits per heavy atom. The number of aromatic nitrogens is 2. The summed E-state index contributed by atoms with van der Waals surface area (Å²) in [6.07, 6.45) is 2.02. The van der Waals surface area contributed by atoms with Gasteiger partial charge in [0.25, 0.3) is 6.01 Å². The number of hydrogen-bond donors (Lipinski definition) is 2. The van der Waals surface area contributed by atoms with Crippen molar-refractivity contribution in [2.45, 2.75) is 18.5 Å². The third-order valence-corrected chi connectivity index (χ3v) is 6.72. The number of oxazole rings is 1. The van der Waals surface area contributed by atoms with Crippen LogP contribution in [0.5, 0.6) is 0 Å². The van der Waals surface area contributed by atoms with Crippen molar-refractivity contribution in [2.24, 2.45) is 0 Å². The number of nitrogens with one attached hydrogen (secondary N) is 2. The van der Waals surface area contributed by atoms with Crippen LogP contribution in [0.3, 0.4) is 0 Å². The molecule has 0 saturated carbocycles. The monoisotopic (exact) mass is 473 g/mol. The molecule has 2 amide bonds. The number of ether oxygens (including phenoxy) is 2. The smallest absolute Gasteiger partial charge is 0.340 e. The fourth-order valence-electron chi connectivity index (χ4n) is 4.08. The molecule has 4 heterocycles. The Bertz CT molecular complexity index is 1230. The summed E-state index contributed by atoms with van der Waals surface area (Å²) >= 11 is 1.37. The van der Waals surface area contributed by atoms with Crippen molar-refractivity contribution in [3.05, 3.63) is 46.3 Å². The number of carbonyl (C=O) groups excluding carboxylic acids is 2. The van der Waals surface area contributed by atoms with Gasteiger partial charge in [0, 0.05) is 13.5 Å². The first-order chi connectivity index (χ1) is 16.0. The first kappa shape index (κ1) is 21.3. The number of amides is 2. The molecule has 1 fully saturated rings. The summed E-state index contributed by atoms with van der Waals surface area (Å²) in [4.78, 5) is 35.5. The molecule has 2 N–H and O–H groups in total. The van der Waals surface area contributed by atoms with Gasteiger partial charge in [-0.15, -0.1) is 0 Å². The van der Waals surface area contributed by atoms with Gasteiger partial charge in [-0.3, -0.25) is 5.32 Å². The number of methoxy groups -OCH3 is 1. The number of morpholine rings is 1. The van der Waals surface area contributed by atoms with Gasteiger partial charge < -0.3 is 24.1 Å². The zero-order chi connectivity index (χ0) is 23.1. The summed E-state index contributed by atoms with van der Waals surface area (Å²) in [7, 11) is 2.73. The number of carbonyl (C=O) groups is 2. The highest BCUT2D eigenvalue weighted by Gasteiger charge is 2.43. The number of nitrogens with zero attached hydrogens (tertiary/aromatic N) is 3. The number of thiazole rings is 1. The molecule has 0 radical (unpaired) electrons. The molecule has 0 spiro atoms. The normalized spacial score (nSPS) is 19.1. The van der Waals surface area contributed by atoms with Gasteiger partial charge in [0.15, 0.2) is 10.9 Å². The van der Waals surface area contributed by atoms with Crippen LogP contribution in [0.4, 0.5) is 20.3 Å². The molecular weight excluding hydrogens is 453 g/mol. The van der Waals surface area contributed by atoms with Gasteiger partial charge in [0.2, 0.25) is 0 Å². The SMILES string of the molecule is CNC(=O)Nc1nc2c(s1)[C@@H]1COC[C@H](C2)N1c1ncc(-c2cccc(C(=O)OC)c2F)o1. The minimum atomic E-state index is -0.768. The van der Waals surface area contributed by atoms with Crippen molar-refractivity contribution in [2.75, 3.05) is 37.6 Å². The zero-order valence-electron chi connectivity index (χ0n) is 17.8. The lowest BCUT2D eigenvalue weighted by Crippen LogP contribution is -2.51. The van der Waals surface area contributed by atoms with Gasteiger partial charge in [0.05, 0.1) is 60.3 Å². The van der Waals surface area contributed by atoms with E-state index >= 15 is 0 Å². The van der Waals surface area contributed by atoms with Crippen LogP contribution in [0.15, 0.2) is 28.8 Å². The van der Waals surface area contributed by atoms with E-state index in [9.17, 15) is 14.0 Å². The van der Waals surface area contributed by atoms with Crippen LogP contribution in [0.2, 0.25) is 0 Å². The van der Waals surface area contributed by atoms with Gasteiger partial charge in [0.1, 0.15) is 5.82 Å². The van der Waals surface area contributed by atoms with Crippen LogP contribution in [0.25, 0.3) is 11.3 Å². The van der Waals surface area contributed by atoms with Crippen molar-refractivity contribution in [3.63, 3.8) is 0 Å². The van der Waals surface area contributed by atoms with Crippen LogP contribution in [-0.4, -0.2) is 55.4 Å². The highest BCUT2D eigenvalue weighted by atomic mass is 32.1. The minimum absolute atomic E-state index is 0.0797. The van der Waals surface area contributed by atoms with Crippen LogP contribution in [0.1, 0.15) is 27.0 Å². The van der Waals surface area contributed by atoms with E-state index in [1.807, 2.05) is 4.90 Å². The predicted octanol–water partition coefficient (Wildman–Crippen LogP) is 2.98. The van der Waals surface area contributed by atoms with Crippen molar-refractivity contribution < 1.29 is 27.9 Å². The van der Waals surface area contributed by atoms with Crippen molar-refractivity contribution in [1.29, 1.82) is 0 Å². The average Bonchev–Trinajstić information content (AvgIpc) is 3.45. The molecule has 2 bridgehead atoms. The van der Waals surface area contributed by atoms with E-state index in [-0.39, 0.29) is 35.0 Å². The number of fused-ring (bicyclic) bond motifs is 4. The second-order valence-electron chi connectivity index (χ2n) is 7.52. The Morgan fingerprint density at radius 3 is 2.97 bits per heavy atom. The third-order valence-electron chi connectivity index (χ3n) is 5.61. The molecule has 172 valence electrons. The number of hydrogen-bond acceptors (Lipinski definition) is 9. The quantitative estimate of drug-likeness (QED) is 0.555. The van der Waals surface area contributed by atoms with Gasteiger partial charge in [-0.05, 0) is 12.1 Å². The highest BCUT2D eigenvalue weighted by Crippen LogP contribution is 2.44. The standard InChI is InChI=1S/C21H20FN5O5S/c1-23-19(29)26-20-25-13-6-10-8-31-9-14(17(13)33-20)27(10)21-24-7-15(32-21)11-4-3-5-12(16(11)22)18(28)30-2/h3-5,7,10,14H,6,8-9H2,1-2H3,(H2,23,25,26,29)/t10-,14-/m0/s1. The summed E-state index contributed by atoms with van der Waals surface area (Å²) in [5.74, 6) is -1.30. The predicted molar refractivity (Wildman–Crippen MR) is 117 cm³/mol. The number of benzene rings is 1. The molecule has 3 aromatic rings. The Morgan fingerprint density at radius 2 is 2.18 bits per heavy atom. The molecule has 0 unspecified atom stereocenters. The molecule has 2 aliphatic rings. The van der Waals surface area contributed by atoms with Gasteiger partial charge >= 0.3 is 12.0 Å². The van der Waals surface area contributed by atoms with Crippen LogP contribution in [0, 0.1) is 5.82 Å². The summed E-state index contributed by atoms with van der Waals surface area (Å²) in [5.41, 5.74) is 0.844. The largest absolute Gasteiger partial charge is 0.465 e. The maximum absolute atomic E-state index is 14.9. The number of urea groups is 1. The molecule has 5 rings (SSSR count). The van der Waals surface area contributed by atoms with E-state index in [1.54, 1.807) is 6.07 Å². The molecule has 2 aliphatic heterocycles. The topological polar surface area (TPSA) is 119 Å². The van der Waals surface area contributed by atoms with Crippen molar-refractivity contribution in [1.82, 2.24) is 15.3 Å². The van der Waals surface area contributed by atoms with Gasteiger partial charge in [-0.2, -0.15) is 0 Å². The maximum atomic E-state index is 14.9. The van der Waals surface area contributed by atoms with E-state index < -0.39 is 11.8 Å². The summed E-state index contributed by atoms with van der Waals surface area (Å²) in [6.45, 7) is 0.852. The fourth-order valence-corrected chi connectivity index (χ4v) is 5.16. The van der Waals surface area contributed by atoms with Crippen LogP contribution < -0.4 is 15.5 Å². The van der Waals surface area contributed by atoms with Crippen LogP contribution in [-0.2, 0) is 15.9 Å². The zero-order valence-corrected chi connectivity index (χ0v) is 18.6. The van der Waals surface area contributed by atoms with Gasteiger partial charge in [-0.25, -0.2) is 23.9 Å². The third kappa shape index (κ3) is 3.70. The number of halogens is 1. The first-order valence-electron chi connectivity index (χ1n) is 10.2. The Hall–Kier alpha value is -3.51. The lowest BCUT2D eigenvalue weighted by Gasteiger charge is -2.43. The van der Waals surface area contributed by atoms with Crippen molar-refractivity contribution in [3.8, 4) is 11.3 Å². The molecule has 2 aromatic heterocycles. The van der Waals surface area contributed by atoms with E-state index in [0.29, 0.717) is 30.8 Å². The van der Waals surface area contributed by atoms with E-state index in [0.717, 1.165) is 10.6 Å². The van der Waals surface area contributed by atoms with Crippen LogP contribution >= 0.6 is 11.3 Å². The first-order valence-corrected chi connectivity index (χ1v) is 11.0. The average molecular weight is 473 g/mol. The molecule has 12 heteroatoms. The Balaban J connectivity index is 1.47. The molecule has 1 aromatic carbocycles. The number of esters is 1. The summed E-state index contributed by atoms with van der Waals surface area (Å²) in [6, 6.07) is 4.12. The molecule has 0 aliphatic carbocycles. The summed E-state index contributed by atoms with van der Waals surface area (Å²) in [5, 5.41) is 5.72.